The Labute approximate surface area is 173 Å². The highest BCUT2D eigenvalue weighted by Crippen LogP contribution is 2.45. The van der Waals surface area contributed by atoms with E-state index in [2.05, 4.69) is 45.5 Å². The van der Waals surface area contributed by atoms with Gasteiger partial charge >= 0.3 is 0 Å². The highest BCUT2D eigenvalue weighted by Gasteiger charge is 2.29. The fraction of sp³-hybridized carbons (Fsp3) is 0.261. The second-order valence-electron chi connectivity index (χ2n) is 6.75. The average molecular weight is 440 g/mol. The summed E-state index contributed by atoms with van der Waals surface area (Å²) in [6, 6.07) is 16.4. The van der Waals surface area contributed by atoms with Crippen LogP contribution in [0.25, 0.3) is 10.8 Å². The van der Waals surface area contributed by atoms with Gasteiger partial charge in [-0.25, -0.2) is 0 Å². The summed E-state index contributed by atoms with van der Waals surface area (Å²) < 4.78 is 12.4. The van der Waals surface area contributed by atoms with Gasteiger partial charge in [0.05, 0.1) is 23.4 Å². The molecule has 0 spiro atoms. The Morgan fingerprint density at radius 2 is 1.86 bits per heavy atom. The van der Waals surface area contributed by atoms with E-state index in [1.165, 1.54) is 0 Å². The van der Waals surface area contributed by atoms with E-state index >= 15 is 0 Å². The number of halogens is 1. The first-order valence-corrected chi connectivity index (χ1v) is 10.3. The van der Waals surface area contributed by atoms with Crippen LogP contribution in [0.4, 0.5) is 5.69 Å². The maximum atomic E-state index is 12.5. The SMILES string of the molecule is CCOc1cc([C@@H]2CC(=O)Nc3c2ccc2ccccc32)cc(Br)c1OCC. The van der Waals surface area contributed by atoms with E-state index in [1.54, 1.807) is 0 Å². The number of carbonyl (C=O) groups excluding carboxylic acids is 1. The molecule has 0 fully saturated rings. The lowest BCUT2D eigenvalue weighted by molar-refractivity contribution is -0.116. The molecule has 0 radical (unpaired) electrons. The van der Waals surface area contributed by atoms with Crippen LogP contribution in [-0.4, -0.2) is 19.1 Å². The molecule has 0 aliphatic carbocycles. The zero-order chi connectivity index (χ0) is 19.7. The van der Waals surface area contributed by atoms with E-state index < -0.39 is 0 Å². The Hall–Kier alpha value is -2.53. The Bertz CT molecular complexity index is 1050. The number of carbonyl (C=O) groups is 1. The van der Waals surface area contributed by atoms with E-state index in [0.717, 1.165) is 32.1 Å². The zero-order valence-corrected chi connectivity index (χ0v) is 17.5. The van der Waals surface area contributed by atoms with Gasteiger partial charge in [0, 0.05) is 17.7 Å². The van der Waals surface area contributed by atoms with Crippen LogP contribution in [0.5, 0.6) is 11.5 Å². The number of rotatable bonds is 5. The maximum Gasteiger partial charge on any atom is 0.225 e. The van der Waals surface area contributed by atoms with Gasteiger partial charge in [0.1, 0.15) is 0 Å². The first-order valence-electron chi connectivity index (χ1n) is 9.52. The second-order valence-corrected chi connectivity index (χ2v) is 7.61. The Morgan fingerprint density at radius 1 is 1.07 bits per heavy atom. The average Bonchev–Trinajstić information content (AvgIpc) is 2.70. The Morgan fingerprint density at radius 3 is 2.64 bits per heavy atom. The summed E-state index contributed by atoms with van der Waals surface area (Å²) >= 11 is 3.62. The summed E-state index contributed by atoms with van der Waals surface area (Å²) in [6.07, 6.45) is 0.400. The van der Waals surface area contributed by atoms with Crippen molar-refractivity contribution in [2.45, 2.75) is 26.2 Å². The molecule has 5 heteroatoms. The maximum absolute atomic E-state index is 12.5. The Kier molecular flexibility index (Phi) is 5.27. The van der Waals surface area contributed by atoms with Crippen molar-refractivity contribution in [1.29, 1.82) is 0 Å². The molecule has 1 aliphatic rings. The van der Waals surface area contributed by atoms with E-state index in [4.69, 9.17) is 9.47 Å². The standard InChI is InChI=1S/C23H22BrNO3/c1-3-27-20-12-15(11-19(24)23(20)28-4-2)18-13-21(26)25-22-16-8-6-5-7-14(16)9-10-17(18)22/h5-12,18H,3-4,13H2,1-2H3,(H,25,26)/t18-/m0/s1. The molecule has 4 nitrogen and oxygen atoms in total. The predicted octanol–water partition coefficient (Wildman–Crippen LogP) is 5.87. The van der Waals surface area contributed by atoms with Crippen LogP contribution < -0.4 is 14.8 Å². The van der Waals surface area contributed by atoms with Crippen LogP contribution in [0.3, 0.4) is 0 Å². The van der Waals surface area contributed by atoms with Gasteiger partial charge in [0.15, 0.2) is 11.5 Å². The van der Waals surface area contributed by atoms with Crippen LogP contribution in [0, 0.1) is 0 Å². The summed E-state index contributed by atoms with van der Waals surface area (Å²) in [5, 5.41) is 5.26. The number of hydrogen-bond acceptors (Lipinski definition) is 3. The third-order valence-corrected chi connectivity index (χ3v) is 5.60. The van der Waals surface area contributed by atoms with Crippen molar-refractivity contribution < 1.29 is 14.3 Å². The first-order chi connectivity index (χ1) is 13.6. The number of fused-ring (bicyclic) bond motifs is 3. The molecule has 3 aromatic rings. The van der Waals surface area contributed by atoms with Gasteiger partial charge in [0.2, 0.25) is 5.91 Å². The smallest absolute Gasteiger partial charge is 0.225 e. The highest BCUT2D eigenvalue weighted by atomic mass is 79.9. The van der Waals surface area contributed by atoms with E-state index in [0.29, 0.717) is 31.1 Å². The molecule has 0 bridgehead atoms. The predicted molar refractivity (Wildman–Crippen MR) is 116 cm³/mol. The number of ether oxygens (including phenoxy) is 2. The van der Waals surface area contributed by atoms with E-state index in [1.807, 2.05) is 38.1 Å². The minimum Gasteiger partial charge on any atom is -0.490 e. The molecule has 0 saturated carbocycles. The fourth-order valence-corrected chi connectivity index (χ4v) is 4.41. The summed E-state index contributed by atoms with van der Waals surface area (Å²) in [7, 11) is 0. The topological polar surface area (TPSA) is 47.6 Å². The van der Waals surface area contributed by atoms with Crippen LogP contribution >= 0.6 is 15.9 Å². The molecule has 1 N–H and O–H groups in total. The third-order valence-electron chi connectivity index (χ3n) is 5.01. The zero-order valence-electron chi connectivity index (χ0n) is 15.9. The molecule has 0 aromatic heterocycles. The lowest BCUT2D eigenvalue weighted by atomic mass is 9.83. The van der Waals surface area contributed by atoms with Crippen LogP contribution in [-0.2, 0) is 4.79 Å². The molecule has 28 heavy (non-hydrogen) atoms. The Balaban J connectivity index is 1.86. The summed E-state index contributed by atoms with van der Waals surface area (Å²) in [5.74, 6) is 1.38. The minimum atomic E-state index is -0.0421. The number of hydrogen-bond donors (Lipinski definition) is 1. The van der Waals surface area contributed by atoms with Crippen molar-refractivity contribution in [2.24, 2.45) is 0 Å². The molecular formula is C23H22BrNO3. The van der Waals surface area contributed by atoms with Crippen molar-refractivity contribution in [3.63, 3.8) is 0 Å². The molecule has 1 amide bonds. The second kappa shape index (κ2) is 7.84. The van der Waals surface area contributed by atoms with Crippen LogP contribution in [0.15, 0.2) is 53.0 Å². The highest BCUT2D eigenvalue weighted by molar-refractivity contribution is 9.10. The van der Waals surface area contributed by atoms with Crippen molar-refractivity contribution in [2.75, 3.05) is 18.5 Å². The van der Waals surface area contributed by atoms with E-state index in [9.17, 15) is 4.79 Å². The quantitative estimate of drug-likeness (QED) is 0.540. The third kappa shape index (κ3) is 3.35. The monoisotopic (exact) mass is 439 g/mol. The number of anilines is 1. The van der Waals surface area contributed by atoms with Gasteiger partial charge in [0.25, 0.3) is 0 Å². The van der Waals surface area contributed by atoms with Gasteiger partial charge in [-0.1, -0.05) is 36.4 Å². The molecule has 3 aromatic carbocycles. The molecule has 0 unspecified atom stereocenters. The molecule has 0 saturated heterocycles. The lowest BCUT2D eigenvalue weighted by Gasteiger charge is -2.28. The summed E-state index contributed by atoms with van der Waals surface area (Å²) in [5.41, 5.74) is 3.06. The number of amides is 1. The normalized spacial score (nSPS) is 15.8. The van der Waals surface area contributed by atoms with Gasteiger partial charge in [-0.15, -0.1) is 0 Å². The van der Waals surface area contributed by atoms with Crippen LogP contribution in [0.2, 0.25) is 0 Å². The van der Waals surface area contributed by atoms with Crippen LogP contribution in [0.1, 0.15) is 37.3 Å². The number of benzene rings is 3. The fourth-order valence-electron chi connectivity index (χ4n) is 3.84. The van der Waals surface area contributed by atoms with Crippen molar-refractivity contribution in [3.8, 4) is 11.5 Å². The molecule has 4 rings (SSSR count). The van der Waals surface area contributed by atoms with Crippen molar-refractivity contribution in [3.05, 3.63) is 64.1 Å². The largest absolute Gasteiger partial charge is 0.490 e. The molecule has 1 heterocycles. The summed E-state index contributed by atoms with van der Waals surface area (Å²) in [6.45, 7) is 5.00. The first kappa shape index (κ1) is 18.8. The molecule has 1 atom stereocenters. The summed E-state index contributed by atoms with van der Waals surface area (Å²) in [4.78, 5) is 12.5. The lowest BCUT2D eigenvalue weighted by Crippen LogP contribution is -2.23. The van der Waals surface area contributed by atoms with Crippen molar-refractivity contribution >= 4 is 38.3 Å². The number of nitrogens with one attached hydrogen (secondary N) is 1. The van der Waals surface area contributed by atoms with Gasteiger partial charge in [-0.3, -0.25) is 4.79 Å². The van der Waals surface area contributed by atoms with Gasteiger partial charge in [-0.2, -0.15) is 0 Å². The van der Waals surface area contributed by atoms with Gasteiger partial charge in [-0.05, 0) is 58.4 Å². The van der Waals surface area contributed by atoms with Gasteiger partial charge < -0.3 is 14.8 Å². The van der Waals surface area contributed by atoms with Crippen molar-refractivity contribution in [1.82, 2.24) is 0 Å². The minimum absolute atomic E-state index is 0.0248. The molecule has 144 valence electrons. The molecular weight excluding hydrogens is 418 g/mol. The molecule has 1 aliphatic heterocycles. The van der Waals surface area contributed by atoms with E-state index in [-0.39, 0.29) is 11.8 Å².